The minimum atomic E-state index is -4.79. The number of carbonyl (C=O) groups excluding carboxylic acids is 2. The second-order valence-corrected chi connectivity index (χ2v) is 8.07. The van der Waals surface area contributed by atoms with E-state index in [-0.39, 0.29) is 16.8 Å². The third-order valence-corrected chi connectivity index (χ3v) is 5.79. The number of fused-ring (bicyclic) bond motifs is 1. The lowest BCUT2D eigenvalue weighted by Gasteiger charge is -2.33. The van der Waals surface area contributed by atoms with Gasteiger partial charge in [0, 0.05) is 19.0 Å². The summed E-state index contributed by atoms with van der Waals surface area (Å²) in [4.78, 5) is 31.5. The molecule has 0 spiro atoms. The van der Waals surface area contributed by atoms with Crippen LogP contribution in [-0.4, -0.2) is 34.6 Å². The molecule has 2 amide bonds. The van der Waals surface area contributed by atoms with Crippen LogP contribution in [0.3, 0.4) is 0 Å². The number of piperidine rings is 1. The van der Waals surface area contributed by atoms with Gasteiger partial charge >= 0.3 is 6.36 Å². The van der Waals surface area contributed by atoms with Gasteiger partial charge in [0.1, 0.15) is 11.8 Å². The van der Waals surface area contributed by atoms with E-state index in [4.69, 9.17) is 0 Å². The number of halogens is 3. The van der Waals surface area contributed by atoms with Gasteiger partial charge in [-0.25, -0.2) is 4.98 Å². The Labute approximate surface area is 179 Å². The van der Waals surface area contributed by atoms with Crippen LogP contribution in [0.15, 0.2) is 48.5 Å². The number of anilines is 1. The lowest BCUT2D eigenvalue weighted by molar-refractivity contribution is -0.274. The molecule has 1 saturated heterocycles. The number of nitrogens with one attached hydrogen (secondary N) is 1. The van der Waals surface area contributed by atoms with Crippen LogP contribution in [0.25, 0.3) is 10.2 Å². The Morgan fingerprint density at radius 3 is 2.65 bits per heavy atom. The molecule has 1 aliphatic heterocycles. The average Bonchev–Trinajstić information content (AvgIpc) is 3.10. The molecule has 4 rings (SSSR count). The molecule has 1 aromatic heterocycles. The predicted octanol–water partition coefficient (Wildman–Crippen LogP) is 4.89. The Balaban J connectivity index is 1.59. The molecule has 6 nitrogen and oxygen atoms in total. The monoisotopic (exact) mass is 449 g/mol. The maximum absolute atomic E-state index is 13.2. The fourth-order valence-electron chi connectivity index (χ4n) is 3.54. The molecule has 10 heteroatoms. The minimum Gasteiger partial charge on any atom is -0.406 e. The number of aromatic nitrogens is 1. The van der Waals surface area contributed by atoms with E-state index in [1.165, 1.54) is 18.2 Å². The normalized spacial score (nSPS) is 15.7. The first-order valence-electron chi connectivity index (χ1n) is 9.62. The van der Waals surface area contributed by atoms with E-state index in [2.05, 4.69) is 15.0 Å². The number of nitrogens with zero attached hydrogens (tertiary/aromatic N) is 2. The van der Waals surface area contributed by atoms with E-state index in [0.717, 1.165) is 24.2 Å². The van der Waals surface area contributed by atoms with Crippen LogP contribution >= 0.6 is 11.3 Å². The quantitative estimate of drug-likeness (QED) is 0.602. The average molecular weight is 449 g/mol. The van der Waals surface area contributed by atoms with Crippen molar-refractivity contribution in [1.82, 2.24) is 9.88 Å². The van der Waals surface area contributed by atoms with Crippen molar-refractivity contribution in [2.24, 2.45) is 0 Å². The molecule has 1 fully saturated rings. The first kappa shape index (κ1) is 21.1. The Hall–Kier alpha value is -3.14. The molecule has 2 aromatic carbocycles. The SMILES string of the molecule is O=C(Nc1nc2ccc(OC(F)(F)F)cc2s1)C(c1ccccc1)N1CCCCC1=O. The van der Waals surface area contributed by atoms with E-state index >= 15 is 0 Å². The maximum atomic E-state index is 13.2. The van der Waals surface area contributed by atoms with Crippen molar-refractivity contribution < 1.29 is 27.5 Å². The number of likely N-dealkylation sites (tertiary alicyclic amines) is 1. The van der Waals surface area contributed by atoms with Gasteiger partial charge in [-0.3, -0.25) is 14.9 Å². The van der Waals surface area contributed by atoms with Crippen molar-refractivity contribution in [2.45, 2.75) is 31.7 Å². The summed E-state index contributed by atoms with van der Waals surface area (Å²) in [5, 5.41) is 2.96. The lowest BCUT2D eigenvalue weighted by Crippen LogP contribution is -2.43. The van der Waals surface area contributed by atoms with Gasteiger partial charge in [0.2, 0.25) is 5.91 Å². The molecule has 2 heterocycles. The first-order chi connectivity index (χ1) is 14.8. The zero-order valence-electron chi connectivity index (χ0n) is 16.2. The van der Waals surface area contributed by atoms with E-state index in [1.807, 2.05) is 6.07 Å². The topological polar surface area (TPSA) is 71.5 Å². The van der Waals surface area contributed by atoms with Crippen LogP contribution in [0.2, 0.25) is 0 Å². The highest BCUT2D eigenvalue weighted by molar-refractivity contribution is 7.22. The summed E-state index contributed by atoms with van der Waals surface area (Å²) in [6.07, 6.45) is -2.80. The number of rotatable bonds is 5. The zero-order chi connectivity index (χ0) is 22.0. The summed E-state index contributed by atoms with van der Waals surface area (Å²) in [6.45, 7) is 0.476. The molecule has 162 valence electrons. The summed E-state index contributed by atoms with van der Waals surface area (Å²) in [5.74, 6) is -0.872. The summed E-state index contributed by atoms with van der Waals surface area (Å²) in [6, 6.07) is 11.9. The molecule has 1 atom stereocenters. The number of alkyl halides is 3. The van der Waals surface area contributed by atoms with Crippen LogP contribution in [0.5, 0.6) is 5.75 Å². The maximum Gasteiger partial charge on any atom is 0.573 e. The molecule has 0 radical (unpaired) electrons. The summed E-state index contributed by atoms with van der Waals surface area (Å²) in [7, 11) is 0. The Morgan fingerprint density at radius 1 is 1.16 bits per heavy atom. The summed E-state index contributed by atoms with van der Waals surface area (Å²) < 4.78 is 41.7. The second-order valence-electron chi connectivity index (χ2n) is 7.04. The Bertz CT molecular complexity index is 1100. The van der Waals surface area contributed by atoms with E-state index in [9.17, 15) is 22.8 Å². The molecule has 0 saturated carbocycles. The number of hydrogen-bond donors (Lipinski definition) is 1. The zero-order valence-corrected chi connectivity index (χ0v) is 17.0. The number of hydrogen-bond acceptors (Lipinski definition) is 5. The molecule has 31 heavy (non-hydrogen) atoms. The third-order valence-electron chi connectivity index (χ3n) is 4.86. The van der Waals surface area contributed by atoms with Gasteiger partial charge in [-0.2, -0.15) is 0 Å². The Morgan fingerprint density at radius 2 is 1.94 bits per heavy atom. The van der Waals surface area contributed by atoms with Crippen molar-refractivity contribution in [1.29, 1.82) is 0 Å². The van der Waals surface area contributed by atoms with Gasteiger partial charge in [-0.1, -0.05) is 41.7 Å². The van der Waals surface area contributed by atoms with Gasteiger partial charge in [0.25, 0.3) is 5.91 Å². The van der Waals surface area contributed by atoms with Crippen LogP contribution in [0, 0.1) is 0 Å². The number of thiazole rings is 1. The molecular formula is C21H18F3N3O3S. The third kappa shape index (κ3) is 4.96. The summed E-state index contributed by atoms with van der Waals surface area (Å²) in [5.41, 5.74) is 1.11. The van der Waals surface area contributed by atoms with Crippen molar-refractivity contribution in [2.75, 3.05) is 11.9 Å². The van der Waals surface area contributed by atoms with E-state index in [1.54, 1.807) is 29.2 Å². The van der Waals surface area contributed by atoms with Crippen molar-refractivity contribution in [3.63, 3.8) is 0 Å². The number of ether oxygens (including phenoxy) is 1. The van der Waals surface area contributed by atoms with Gasteiger partial charge in [0.15, 0.2) is 5.13 Å². The highest BCUT2D eigenvalue weighted by Gasteiger charge is 2.33. The van der Waals surface area contributed by atoms with Crippen LogP contribution < -0.4 is 10.1 Å². The van der Waals surface area contributed by atoms with Crippen molar-refractivity contribution >= 4 is 38.5 Å². The molecule has 1 aliphatic rings. The fraction of sp³-hybridized carbons (Fsp3) is 0.286. The molecule has 0 bridgehead atoms. The number of benzene rings is 2. The largest absolute Gasteiger partial charge is 0.573 e. The fourth-order valence-corrected chi connectivity index (χ4v) is 4.43. The molecule has 1 N–H and O–H groups in total. The van der Waals surface area contributed by atoms with E-state index < -0.39 is 18.3 Å². The van der Waals surface area contributed by atoms with Gasteiger partial charge in [-0.15, -0.1) is 13.2 Å². The standard InChI is InChI=1S/C21H18F3N3O3S/c22-21(23,24)30-14-9-10-15-16(12-14)31-20(25-15)26-19(29)18(13-6-2-1-3-7-13)27-11-5-4-8-17(27)28/h1-3,6-7,9-10,12,18H,4-5,8,11H2,(H,25,26,29). The van der Waals surface area contributed by atoms with Crippen molar-refractivity contribution in [3.05, 3.63) is 54.1 Å². The highest BCUT2D eigenvalue weighted by atomic mass is 32.1. The smallest absolute Gasteiger partial charge is 0.406 e. The lowest BCUT2D eigenvalue weighted by atomic mass is 10.0. The second kappa shape index (κ2) is 8.54. The molecular weight excluding hydrogens is 431 g/mol. The van der Waals surface area contributed by atoms with Gasteiger partial charge < -0.3 is 9.64 Å². The number of amides is 2. The van der Waals surface area contributed by atoms with Crippen LogP contribution in [0.1, 0.15) is 30.9 Å². The van der Waals surface area contributed by atoms with Crippen LogP contribution in [-0.2, 0) is 9.59 Å². The molecule has 0 aliphatic carbocycles. The Kier molecular flexibility index (Phi) is 5.81. The highest BCUT2D eigenvalue weighted by Crippen LogP contribution is 2.33. The molecule has 1 unspecified atom stereocenters. The summed E-state index contributed by atoms with van der Waals surface area (Å²) >= 11 is 1.03. The number of carbonyl (C=O) groups is 2. The van der Waals surface area contributed by atoms with Crippen LogP contribution in [0.4, 0.5) is 18.3 Å². The van der Waals surface area contributed by atoms with Gasteiger partial charge in [0.05, 0.1) is 10.2 Å². The van der Waals surface area contributed by atoms with Gasteiger partial charge in [-0.05, 0) is 30.5 Å². The molecule has 3 aromatic rings. The first-order valence-corrected chi connectivity index (χ1v) is 10.4. The minimum absolute atomic E-state index is 0.0894. The predicted molar refractivity (Wildman–Crippen MR) is 110 cm³/mol. The van der Waals surface area contributed by atoms with E-state index in [0.29, 0.717) is 28.7 Å². The van der Waals surface area contributed by atoms with Crippen molar-refractivity contribution in [3.8, 4) is 5.75 Å².